The van der Waals surface area contributed by atoms with Gasteiger partial charge in [0.25, 0.3) is 11.8 Å². The SMILES string of the molecule is COc1ccc(N2C(=O)C[C@H](N(Cc3ccc4c(c3)OCO4)C(=O)c3ccc(Cl)cc3)C2=O)cc1. The van der Waals surface area contributed by atoms with Gasteiger partial charge in [0.2, 0.25) is 12.7 Å². The van der Waals surface area contributed by atoms with Gasteiger partial charge in [-0.3, -0.25) is 14.4 Å². The third kappa shape index (κ3) is 4.40. The number of benzene rings is 3. The largest absolute Gasteiger partial charge is 0.497 e. The van der Waals surface area contributed by atoms with E-state index < -0.39 is 11.9 Å². The lowest BCUT2D eigenvalue weighted by Crippen LogP contribution is -2.45. The van der Waals surface area contributed by atoms with Crippen LogP contribution in [0.3, 0.4) is 0 Å². The zero-order chi connectivity index (χ0) is 24.5. The Morgan fingerprint density at radius 3 is 2.46 bits per heavy atom. The minimum atomic E-state index is -0.974. The number of anilines is 1. The molecule has 3 amide bonds. The zero-order valence-corrected chi connectivity index (χ0v) is 19.5. The molecule has 5 rings (SSSR count). The molecule has 3 aromatic carbocycles. The smallest absolute Gasteiger partial charge is 0.257 e. The Bertz CT molecular complexity index is 1290. The van der Waals surface area contributed by atoms with Crippen molar-refractivity contribution in [2.24, 2.45) is 0 Å². The van der Waals surface area contributed by atoms with E-state index in [0.29, 0.717) is 33.5 Å². The van der Waals surface area contributed by atoms with Gasteiger partial charge in [-0.15, -0.1) is 0 Å². The van der Waals surface area contributed by atoms with Gasteiger partial charge in [-0.2, -0.15) is 0 Å². The summed E-state index contributed by atoms with van der Waals surface area (Å²) in [6, 6.07) is 17.4. The molecule has 0 spiro atoms. The average Bonchev–Trinajstić information content (AvgIpc) is 3.46. The van der Waals surface area contributed by atoms with E-state index in [4.69, 9.17) is 25.8 Å². The summed E-state index contributed by atoms with van der Waals surface area (Å²) in [4.78, 5) is 42.6. The van der Waals surface area contributed by atoms with Crippen LogP contribution in [0.1, 0.15) is 22.3 Å². The molecule has 2 aliphatic heterocycles. The van der Waals surface area contributed by atoms with Gasteiger partial charge < -0.3 is 19.1 Å². The maximum absolute atomic E-state index is 13.6. The van der Waals surface area contributed by atoms with Gasteiger partial charge >= 0.3 is 0 Å². The summed E-state index contributed by atoms with van der Waals surface area (Å²) in [6.07, 6.45) is -0.130. The van der Waals surface area contributed by atoms with Crippen LogP contribution in [0, 0.1) is 0 Å². The van der Waals surface area contributed by atoms with Crippen molar-refractivity contribution < 1.29 is 28.6 Å². The maximum atomic E-state index is 13.6. The highest BCUT2D eigenvalue weighted by atomic mass is 35.5. The Morgan fingerprint density at radius 1 is 1.03 bits per heavy atom. The first-order valence-electron chi connectivity index (χ1n) is 10.9. The third-order valence-corrected chi connectivity index (χ3v) is 6.22. The molecule has 0 bridgehead atoms. The van der Waals surface area contributed by atoms with E-state index in [0.717, 1.165) is 10.5 Å². The molecule has 8 nitrogen and oxygen atoms in total. The molecule has 0 N–H and O–H groups in total. The lowest BCUT2D eigenvalue weighted by molar-refractivity contribution is -0.122. The van der Waals surface area contributed by atoms with Crippen molar-refractivity contribution >= 4 is 35.0 Å². The van der Waals surface area contributed by atoms with E-state index in [1.807, 2.05) is 0 Å². The van der Waals surface area contributed by atoms with Crippen molar-refractivity contribution in [3.8, 4) is 17.2 Å². The van der Waals surface area contributed by atoms with Crippen LogP contribution in [0.25, 0.3) is 0 Å². The van der Waals surface area contributed by atoms with Crippen LogP contribution in [-0.4, -0.2) is 42.6 Å². The van der Waals surface area contributed by atoms with Gasteiger partial charge in [0, 0.05) is 17.1 Å². The molecular formula is C26H21ClN2O6. The molecule has 178 valence electrons. The summed E-state index contributed by atoms with van der Waals surface area (Å²) in [5.74, 6) is 0.541. The number of nitrogens with zero attached hydrogens (tertiary/aromatic N) is 2. The lowest BCUT2D eigenvalue weighted by Gasteiger charge is -2.28. The third-order valence-electron chi connectivity index (χ3n) is 5.97. The predicted octanol–water partition coefficient (Wildman–Crippen LogP) is 4.05. The van der Waals surface area contributed by atoms with E-state index in [-0.39, 0.29) is 31.6 Å². The number of carbonyl (C=O) groups is 3. The molecule has 1 fully saturated rings. The van der Waals surface area contributed by atoms with E-state index in [1.54, 1.807) is 66.7 Å². The van der Waals surface area contributed by atoms with Gasteiger partial charge in [-0.1, -0.05) is 17.7 Å². The molecular weight excluding hydrogens is 472 g/mol. The number of carbonyl (C=O) groups excluding carboxylic acids is 3. The fraction of sp³-hybridized carbons (Fsp3) is 0.192. The zero-order valence-electron chi connectivity index (χ0n) is 18.8. The van der Waals surface area contributed by atoms with Gasteiger partial charge in [0.1, 0.15) is 11.8 Å². The fourth-order valence-corrected chi connectivity index (χ4v) is 4.31. The first kappa shape index (κ1) is 22.7. The minimum Gasteiger partial charge on any atom is -0.497 e. The Morgan fingerprint density at radius 2 is 1.74 bits per heavy atom. The first-order chi connectivity index (χ1) is 16.9. The molecule has 2 aliphatic rings. The molecule has 1 atom stereocenters. The van der Waals surface area contributed by atoms with Crippen LogP contribution in [0.15, 0.2) is 66.7 Å². The molecule has 0 unspecified atom stereocenters. The monoisotopic (exact) mass is 492 g/mol. The van der Waals surface area contributed by atoms with Crippen LogP contribution in [0.4, 0.5) is 5.69 Å². The Kier molecular flexibility index (Phi) is 6.05. The molecule has 1 saturated heterocycles. The number of ether oxygens (including phenoxy) is 3. The standard InChI is InChI=1S/C26H21ClN2O6/c1-33-20-9-7-19(8-10-20)29-24(30)13-21(26(29)32)28(25(31)17-3-5-18(27)6-4-17)14-16-2-11-22-23(12-16)35-15-34-22/h2-12,21H,13-15H2,1H3/t21-/m0/s1. The van der Waals surface area contributed by atoms with Crippen molar-refractivity contribution in [2.45, 2.75) is 19.0 Å². The maximum Gasteiger partial charge on any atom is 0.257 e. The molecule has 0 radical (unpaired) electrons. The summed E-state index contributed by atoms with van der Waals surface area (Å²) in [6.45, 7) is 0.219. The quantitative estimate of drug-likeness (QED) is 0.483. The van der Waals surface area contributed by atoms with Crippen molar-refractivity contribution in [1.29, 1.82) is 0 Å². The number of hydrogen-bond acceptors (Lipinski definition) is 6. The van der Waals surface area contributed by atoms with Gasteiger partial charge in [0.05, 0.1) is 19.2 Å². The average molecular weight is 493 g/mol. The minimum absolute atomic E-state index is 0.0955. The molecule has 3 aromatic rings. The van der Waals surface area contributed by atoms with Crippen molar-refractivity contribution in [3.63, 3.8) is 0 Å². The van der Waals surface area contributed by atoms with Crippen LogP contribution in [0.5, 0.6) is 17.2 Å². The highest BCUT2D eigenvalue weighted by Gasteiger charge is 2.44. The molecule has 2 heterocycles. The van der Waals surface area contributed by atoms with Crippen LogP contribution < -0.4 is 19.1 Å². The topological polar surface area (TPSA) is 85.4 Å². The van der Waals surface area contributed by atoms with E-state index >= 15 is 0 Å². The first-order valence-corrected chi connectivity index (χ1v) is 11.3. The van der Waals surface area contributed by atoms with E-state index in [2.05, 4.69) is 0 Å². The highest BCUT2D eigenvalue weighted by molar-refractivity contribution is 6.30. The summed E-state index contributed by atoms with van der Waals surface area (Å²) in [5.41, 5.74) is 1.52. The number of fused-ring (bicyclic) bond motifs is 1. The highest BCUT2D eigenvalue weighted by Crippen LogP contribution is 2.34. The van der Waals surface area contributed by atoms with E-state index in [9.17, 15) is 14.4 Å². The number of methoxy groups -OCH3 is 1. The van der Waals surface area contributed by atoms with Gasteiger partial charge in [0.15, 0.2) is 11.5 Å². The Balaban J connectivity index is 1.48. The Labute approximate surface area is 206 Å². The second kappa shape index (κ2) is 9.31. The number of amides is 3. The molecule has 0 saturated carbocycles. The summed E-state index contributed by atoms with van der Waals surface area (Å²) in [7, 11) is 1.54. The van der Waals surface area contributed by atoms with Crippen molar-refractivity contribution in [1.82, 2.24) is 4.90 Å². The van der Waals surface area contributed by atoms with Crippen LogP contribution >= 0.6 is 11.6 Å². The normalized spacial score (nSPS) is 16.5. The number of hydrogen-bond donors (Lipinski definition) is 0. The number of halogens is 1. The molecule has 35 heavy (non-hydrogen) atoms. The molecule has 9 heteroatoms. The number of imide groups is 1. The van der Waals surface area contributed by atoms with E-state index in [1.165, 1.54) is 12.0 Å². The number of rotatable bonds is 6. The molecule has 0 aliphatic carbocycles. The Hall–Kier alpha value is -4.04. The lowest BCUT2D eigenvalue weighted by atomic mass is 10.1. The predicted molar refractivity (Wildman–Crippen MR) is 128 cm³/mol. The van der Waals surface area contributed by atoms with Gasteiger partial charge in [-0.25, -0.2) is 4.90 Å². The van der Waals surface area contributed by atoms with Gasteiger partial charge in [-0.05, 0) is 66.2 Å². The summed E-state index contributed by atoms with van der Waals surface area (Å²) in [5, 5.41) is 0.488. The van der Waals surface area contributed by atoms with Crippen molar-refractivity contribution in [2.75, 3.05) is 18.8 Å². The summed E-state index contributed by atoms with van der Waals surface area (Å²) >= 11 is 5.99. The molecule has 0 aromatic heterocycles. The second-order valence-electron chi connectivity index (χ2n) is 8.11. The second-order valence-corrected chi connectivity index (χ2v) is 8.55. The summed E-state index contributed by atoms with van der Waals surface area (Å²) < 4.78 is 16.0. The van der Waals surface area contributed by atoms with Crippen LogP contribution in [-0.2, 0) is 16.1 Å². The fourth-order valence-electron chi connectivity index (χ4n) is 4.18. The van der Waals surface area contributed by atoms with Crippen LogP contribution in [0.2, 0.25) is 5.02 Å². The van der Waals surface area contributed by atoms with Crippen molar-refractivity contribution in [3.05, 3.63) is 82.9 Å².